The molecular formula is C24H32Cl2F2N4O6. The lowest BCUT2D eigenvalue weighted by Crippen LogP contribution is -2.54. The van der Waals surface area contributed by atoms with E-state index in [0.29, 0.717) is 31.2 Å². The van der Waals surface area contributed by atoms with Crippen molar-refractivity contribution < 1.29 is 37.0 Å². The molecule has 14 heteroatoms. The molecule has 0 radical (unpaired) electrons. The Morgan fingerprint density at radius 3 is 2.53 bits per heavy atom. The van der Waals surface area contributed by atoms with Crippen LogP contribution >= 0.6 is 24.8 Å². The molecule has 212 valence electrons. The largest absolute Gasteiger partial charge is 0.489 e. The summed E-state index contributed by atoms with van der Waals surface area (Å²) >= 11 is 0. The molecule has 1 aromatic carbocycles. The Balaban J connectivity index is 0.00000253. The molecule has 4 rings (SSSR count). The number of carbonyl (C=O) groups is 2. The van der Waals surface area contributed by atoms with Crippen LogP contribution in [0.1, 0.15) is 49.0 Å². The highest BCUT2D eigenvalue weighted by Crippen LogP contribution is 2.37. The number of hydrogen-bond acceptors (Lipinski definition) is 9. The molecule has 1 amide bonds. The first-order chi connectivity index (χ1) is 17.1. The summed E-state index contributed by atoms with van der Waals surface area (Å²) in [5.74, 6) is -0.147. The fourth-order valence-corrected chi connectivity index (χ4v) is 3.85. The van der Waals surface area contributed by atoms with Gasteiger partial charge >= 0.3 is 12.6 Å². The number of aromatic nitrogens is 1. The van der Waals surface area contributed by atoms with E-state index in [2.05, 4.69) is 9.72 Å². The predicted octanol–water partition coefficient (Wildman–Crippen LogP) is 3.87. The molecule has 2 aromatic rings. The number of alkyl halides is 2. The number of carbonyl (C=O) groups excluding carboxylic acids is 2. The van der Waals surface area contributed by atoms with Crippen LogP contribution in [0.3, 0.4) is 0 Å². The average molecular weight is 581 g/mol. The maximum absolute atomic E-state index is 13.4. The van der Waals surface area contributed by atoms with Gasteiger partial charge in [-0.3, -0.25) is 14.5 Å². The molecule has 1 aliphatic carbocycles. The van der Waals surface area contributed by atoms with Crippen molar-refractivity contribution in [1.29, 1.82) is 0 Å². The molecule has 1 unspecified atom stereocenters. The number of nitrogens with zero attached hydrogens (tertiary/aromatic N) is 3. The summed E-state index contributed by atoms with van der Waals surface area (Å²) < 4.78 is 47.3. The highest BCUT2D eigenvalue weighted by Gasteiger charge is 2.34. The van der Waals surface area contributed by atoms with Crippen molar-refractivity contribution in [2.24, 2.45) is 11.7 Å². The van der Waals surface area contributed by atoms with Crippen LogP contribution in [0, 0.1) is 5.92 Å². The molecule has 2 atom stereocenters. The molecule has 2 N–H and O–H groups in total. The van der Waals surface area contributed by atoms with Crippen LogP contribution in [0.25, 0.3) is 11.5 Å². The van der Waals surface area contributed by atoms with E-state index in [9.17, 15) is 18.4 Å². The van der Waals surface area contributed by atoms with Gasteiger partial charge in [0.2, 0.25) is 5.89 Å². The fraction of sp³-hybridized carbons (Fsp3) is 0.542. The summed E-state index contributed by atoms with van der Waals surface area (Å²) in [4.78, 5) is 32.6. The Labute approximate surface area is 231 Å². The number of likely N-dealkylation sites (N-methyl/N-ethyl adjacent to an activating group) is 1. The number of rotatable bonds is 9. The van der Waals surface area contributed by atoms with Crippen molar-refractivity contribution in [3.05, 3.63) is 29.7 Å². The smallest absolute Gasteiger partial charge is 0.387 e. The first-order valence-electron chi connectivity index (χ1n) is 11.8. The third kappa shape index (κ3) is 7.68. The molecule has 2 heterocycles. The second-order valence-corrected chi connectivity index (χ2v) is 9.11. The molecular weight excluding hydrogens is 549 g/mol. The predicted molar refractivity (Wildman–Crippen MR) is 138 cm³/mol. The zero-order valence-corrected chi connectivity index (χ0v) is 22.9. The number of halogens is 4. The molecule has 0 bridgehead atoms. The molecule has 0 spiro atoms. The van der Waals surface area contributed by atoms with Gasteiger partial charge in [0.15, 0.2) is 29.2 Å². The zero-order chi connectivity index (χ0) is 26.0. The lowest BCUT2D eigenvalue weighted by atomic mass is 10.2. The first kappa shape index (κ1) is 31.5. The highest BCUT2D eigenvalue weighted by molar-refractivity contribution is 5.94. The Morgan fingerprint density at radius 1 is 1.21 bits per heavy atom. The minimum absolute atomic E-state index is 0. The van der Waals surface area contributed by atoms with E-state index in [1.54, 1.807) is 14.0 Å². The van der Waals surface area contributed by atoms with Crippen LogP contribution in [0.4, 0.5) is 8.78 Å². The lowest BCUT2D eigenvalue weighted by Gasteiger charge is -2.38. The normalized spacial score (nSPS) is 18.3. The number of hydrogen-bond donors (Lipinski definition) is 1. The minimum atomic E-state index is -3.01. The second kappa shape index (κ2) is 13.4. The number of esters is 1. The maximum atomic E-state index is 13.4. The lowest BCUT2D eigenvalue weighted by molar-refractivity contribution is -0.159. The summed E-state index contributed by atoms with van der Waals surface area (Å²) in [6, 6.07) is 3.70. The van der Waals surface area contributed by atoms with Crippen LogP contribution in [-0.4, -0.2) is 72.8 Å². The number of benzene rings is 1. The van der Waals surface area contributed by atoms with E-state index in [1.807, 2.05) is 4.90 Å². The van der Waals surface area contributed by atoms with Gasteiger partial charge in [-0.2, -0.15) is 8.78 Å². The molecule has 1 aliphatic heterocycles. The summed E-state index contributed by atoms with van der Waals surface area (Å²) in [6.07, 6.45) is 1.47. The maximum Gasteiger partial charge on any atom is 0.387 e. The fourth-order valence-electron chi connectivity index (χ4n) is 3.85. The number of ether oxygens (including phenoxy) is 3. The number of nitrogens with two attached hydrogens (primary N) is 1. The van der Waals surface area contributed by atoms with Crippen molar-refractivity contribution >= 4 is 36.7 Å². The van der Waals surface area contributed by atoms with Crippen molar-refractivity contribution in [3.63, 3.8) is 0 Å². The monoisotopic (exact) mass is 580 g/mol. The van der Waals surface area contributed by atoms with Crippen molar-refractivity contribution in [3.8, 4) is 23.0 Å². The van der Waals surface area contributed by atoms with Gasteiger partial charge in [0.1, 0.15) is 0 Å². The summed E-state index contributed by atoms with van der Waals surface area (Å²) in [7, 11) is 1.81. The Kier molecular flexibility index (Phi) is 11.1. The standard InChI is InChI=1S/C24H30F2N4O6.2ClH/c1-13(27)21-20(23(32)30-9-8-29(3)19(11-30)34-14(2)31)28-22(36-21)16-6-7-17(35-24(25)26)18(10-16)33-12-15-4-5-15;;/h6-7,10,13,15,19,24H,4-5,8-9,11-12,27H2,1-3H3;2*1H/t13-,19?;;/m0../s1. The topological polar surface area (TPSA) is 120 Å². The summed E-state index contributed by atoms with van der Waals surface area (Å²) in [6.45, 7) is 1.41. The van der Waals surface area contributed by atoms with Crippen molar-refractivity contribution in [1.82, 2.24) is 14.8 Å². The molecule has 2 fully saturated rings. The molecule has 38 heavy (non-hydrogen) atoms. The van der Waals surface area contributed by atoms with Crippen LogP contribution in [0.2, 0.25) is 0 Å². The van der Waals surface area contributed by atoms with Crippen LogP contribution in [0.5, 0.6) is 11.5 Å². The van der Waals surface area contributed by atoms with Gasteiger partial charge in [-0.25, -0.2) is 4.98 Å². The number of amides is 1. The van der Waals surface area contributed by atoms with E-state index in [-0.39, 0.29) is 60.2 Å². The number of oxazole rings is 1. The zero-order valence-electron chi connectivity index (χ0n) is 21.2. The van der Waals surface area contributed by atoms with Gasteiger partial charge in [0.05, 0.1) is 19.2 Å². The molecule has 1 saturated carbocycles. The van der Waals surface area contributed by atoms with E-state index < -0.39 is 30.8 Å². The molecule has 1 saturated heterocycles. The first-order valence-corrected chi connectivity index (χ1v) is 11.8. The Hall–Kier alpha value is -2.67. The van der Waals surface area contributed by atoms with Crippen LogP contribution < -0.4 is 15.2 Å². The quantitative estimate of drug-likeness (QED) is 0.440. The number of piperazine rings is 1. The van der Waals surface area contributed by atoms with E-state index in [0.717, 1.165) is 12.8 Å². The Bertz CT molecular complexity index is 1120. The van der Waals surface area contributed by atoms with Crippen LogP contribution in [0.15, 0.2) is 22.6 Å². The van der Waals surface area contributed by atoms with Gasteiger partial charge in [-0.05, 0) is 50.9 Å². The molecule has 2 aliphatic rings. The van der Waals surface area contributed by atoms with Gasteiger partial charge in [-0.1, -0.05) is 0 Å². The average Bonchev–Trinajstić information content (AvgIpc) is 3.54. The van der Waals surface area contributed by atoms with E-state index >= 15 is 0 Å². The highest BCUT2D eigenvalue weighted by atomic mass is 35.5. The van der Waals surface area contributed by atoms with Gasteiger partial charge in [0, 0.05) is 25.6 Å². The van der Waals surface area contributed by atoms with E-state index in [1.165, 1.54) is 30.0 Å². The van der Waals surface area contributed by atoms with Crippen LogP contribution in [-0.2, 0) is 9.53 Å². The van der Waals surface area contributed by atoms with Gasteiger partial charge < -0.3 is 29.3 Å². The van der Waals surface area contributed by atoms with Gasteiger partial charge in [0.25, 0.3) is 5.91 Å². The minimum Gasteiger partial charge on any atom is -0.489 e. The summed E-state index contributed by atoms with van der Waals surface area (Å²) in [5, 5.41) is 0. The van der Waals surface area contributed by atoms with Crippen molar-refractivity contribution in [2.45, 2.75) is 45.6 Å². The molecule has 1 aromatic heterocycles. The third-order valence-corrected chi connectivity index (χ3v) is 6.03. The Morgan fingerprint density at radius 2 is 1.92 bits per heavy atom. The summed E-state index contributed by atoms with van der Waals surface area (Å²) in [5.41, 5.74) is 6.53. The third-order valence-electron chi connectivity index (χ3n) is 6.03. The van der Waals surface area contributed by atoms with E-state index in [4.69, 9.17) is 19.6 Å². The molecule has 10 nitrogen and oxygen atoms in total. The SMILES string of the molecule is CC(=O)OC1CN(C(=O)c2nc(-c3ccc(OC(F)F)c(OCC4CC4)c3)oc2[C@H](C)N)CCN1C.Cl.Cl. The van der Waals surface area contributed by atoms with Crippen molar-refractivity contribution in [2.75, 3.05) is 33.3 Å². The van der Waals surface area contributed by atoms with Gasteiger partial charge in [-0.15, -0.1) is 24.8 Å². The second-order valence-electron chi connectivity index (χ2n) is 9.11.